The van der Waals surface area contributed by atoms with Crippen molar-refractivity contribution < 1.29 is 0 Å². The predicted octanol–water partition coefficient (Wildman–Crippen LogP) is 0.954. The Labute approximate surface area is 55.7 Å². The summed E-state index contributed by atoms with van der Waals surface area (Å²) in [5, 5.41) is 3.24. The normalized spacial score (nSPS) is 16.3. The Morgan fingerprint density at radius 2 is 2.67 bits per heavy atom. The van der Waals surface area contributed by atoms with E-state index >= 15 is 0 Å². The number of nitrogens with zero attached hydrogens (tertiary/aromatic N) is 1. The molecule has 0 radical (unpaired) electrons. The molecule has 1 N–H and O–H groups in total. The minimum atomic E-state index is 0.997. The lowest BCUT2D eigenvalue weighted by Crippen LogP contribution is -2.15. The van der Waals surface area contributed by atoms with Crippen LogP contribution in [0.3, 0.4) is 0 Å². The van der Waals surface area contributed by atoms with Crippen molar-refractivity contribution >= 4 is 6.21 Å². The maximum absolute atomic E-state index is 3.99. The van der Waals surface area contributed by atoms with Crippen LogP contribution < -0.4 is 5.32 Å². The van der Waals surface area contributed by atoms with Gasteiger partial charge in [0.1, 0.15) is 0 Å². The van der Waals surface area contributed by atoms with E-state index in [0.29, 0.717) is 0 Å². The summed E-state index contributed by atoms with van der Waals surface area (Å²) in [6.45, 7) is 4.14. The highest BCUT2D eigenvalue weighted by molar-refractivity contribution is 5.65. The SMILES string of the molecule is CCNCC1=CN=CC1. The summed E-state index contributed by atoms with van der Waals surface area (Å²) in [5.74, 6) is 0. The largest absolute Gasteiger partial charge is 0.313 e. The van der Waals surface area contributed by atoms with Gasteiger partial charge in [0.15, 0.2) is 0 Å². The van der Waals surface area contributed by atoms with Crippen LogP contribution in [0.15, 0.2) is 16.8 Å². The van der Waals surface area contributed by atoms with Crippen molar-refractivity contribution in [2.45, 2.75) is 13.3 Å². The van der Waals surface area contributed by atoms with Crippen LogP contribution in [0.2, 0.25) is 0 Å². The monoisotopic (exact) mass is 124 g/mol. The van der Waals surface area contributed by atoms with Gasteiger partial charge in [0, 0.05) is 25.4 Å². The van der Waals surface area contributed by atoms with Crippen LogP contribution >= 0.6 is 0 Å². The fraction of sp³-hybridized carbons (Fsp3) is 0.571. The highest BCUT2D eigenvalue weighted by Gasteiger charge is 1.96. The van der Waals surface area contributed by atoms with Gasteiger partial charge in [-0.25, -0.2) is 0 Å². The van der Waals surface area contributed by atoms with Gasteiger partial charge >= 0.3 is 0 Å². The summed E-state index contributed by atoms with van der Waals surface area (Å²) in [7, 11) is 0. The number of rotatable bonds is 3. The van der Waals surface area contributed by atoms with Crippen molar-refractivity contribution in [1.82, 2.24) is 5.32 Å². The van der Waals surface area contributed by atoms with Gasteiger partial charge in [-0.3, -0.25) is 4.99 Å². The summed E-state index contributed by atoms with van der Waals surface area (Å²) in [6.07, 6.45) is 4.91. The predicted molar refractivity (Wildman–Crippen MR) is 39.7 cm³/mol. The lowest BCUT2D eigenvalue weighted by molar-refractivity contribution is 0.772. The molecule has 0 saturated carbocycles. The van der Waals surface area contributed by atoms with E-state index < -0.39 is 0 Å². The van der Waals surface area contributed by atoms with Gasteiger partial charge in [-0.15, -0.1) is 0 Å². The van der Waals surface area contributed by atoms with E-state index in [-0.39, 0.29) is 0 Å². The Balaban J connectivity index is 2.14. The summed E-state index contributed by atoms with van der Waals surface area (Å²) < 4.78 is 0. The molecular formula is C7H12N2. The Morgan fingerprint density at radius 1 is 1.78 bits per heavy atom. The molecule has 50 valence electrons. The third kappa shape index (κ3) is 1.98. The second-order valence-corrected chi connectivity index (χ2v) is 2.10. The molecule has 1 heterocycles. The van der Waals surface area contributed by atoms with Crippen molar-refractivity contribution in [2.24, 2.45) is 4.99 Å². The van der Waals surface area contributed by atoms with Crippen LogP contribution in [0, 0.1) is 0 Å². The quantitative estimate of drug-likeness (QED) is 0.595. The summed E-state index contributed by atoms with van der Waals surface area (Å²) >= 11 is 0. The topological polar surface area (TPSA) is 24.4 Å². The average molecular weight is 124 g/mol. The second kappa shape index (κ2) is 3.41. The van der Waals surface area contributed by atoms with Gasteiger partial charge in [-0.1, -0.05) is 6.92 Å². The molecule has 2 heteroatoms. The van der Waals surface area contributed by atoms with Crippen molar-refractivity contribution in [3.63, 3.8) is 0 Å². The summed E-state index contributed by atoms with van der Waals surface area (Å²) in [5.41, 5.74) is 1.39. The van der Waals surface area contributed by atoms with Crippen LogP contribution in [0.4, 0.5) is 0 Å². The third-order valence-corrected chi connectivity index (χ3v) is 1.32. The summed E-state index contributed by atoms with van der Waals surface area (Å²) in [6, 6.07) is 0. The highest BCUT2D eigenvalue weighted by Crippen LogP contribution is 2.03. The zero-order valence-corrected chi connectivity index (χ0v) is 5.72. The second-order valence-electron chi connectivity index (χ2n) is 2.10. The highest BCUT2D eigenvalue weighted by atomic mass is 14.8. The molecule has 1 aliphatic rings. The smallest absolute Gasteiger partial charge is 0.0272 e. The molecule has 0 aromatic rings. The summed E-state index contributed by atoms with van der Waals surface area (Å²) in [4.78, 5) is 3.99. The molecule has 1 rings (SSSR count). The Kier molecular flexibility index (Phi) is 2.46. The van der Waals surface area contributed by atoms with Gasteiger partial charge in [0.2, 0.25) is 0 Å². The minimum absolute atomic E-state index is 0.997. The Hall–Kier alpha value is -0.630. The van der Waals surface area contributed by atoms with E-state index in [1.54, 1.807) is 0 Å². The van der Waals surface area contributed by atoms with E-state index in [0.717, 1.165) is 19.5 Å². The van der Waals surface area contributed by atoms with Gasteiger partial charge in [-0.05, 0) is 12.1 Å². The molecule has 0 aromatic heterocycles. The van der Waals surface area contributed by atoms with Crippen LogP contribution in [-0.4, -0.2) is 19.3 Å². The third-order valence-electron chi connectivity index (χ3n) is 1.32. The van der Waals surface area contributed by atoms with Crippen molar-refractivity contribution in [1.29, 1.82) is 0 Å². The van der Waals surface area contributed by atoms with Gasteiger partial charge < -0.3 is 5.32 Å². The molecule has 0 aromatic carbocycles. The number of hydrogen-bond acceptors (Lipinski definition) is 2. The molecule has 0 amide bonds. The molecule has 9 heavy (non-hydrogen) atoms. The fourth-order valence-corrected chi connectivity index (χ4v) is 0.784. The zero-order valence-electron chi connectivity index (χ0n) is 5.72. The van der Waals surface area contributed by atoms with Crippen LogP contribution in [-0.2, 0) is 0 Å². The number of nitrogens with one attached hydrogen (secondary N) is 1. The molecule has 0 saturated heterocycles. The van der Waals surface area contributed by atoms with E-state index in [1.165, 1.54) is 5.57 Å². The molecule has 0 aliphatic carbocycles. The molecular weight excluding hydrogens is 112 g/mol. The molecule has 0 bridgehead atoms. The first-order valence-electron chi connectivity index (χ1n) is 3.33. The van der Waals surface area contributed by atoms with Crippen LogP contribution in [0.25, 0.3) is 0 Å². The first-order valence-corrected chi connectivity index (χ1v) is 3.33. The molecule has 0 unspecified atom stereocenters. The van der Waals surface area contributed by atoms with E-state index in [2.05, 4.69) is 17.2 Å². The first kappa shape index (κ1) is 6.49. The minimum Gasteiger partial charge on any atom is -0.313 e. The van der Waals surface area contributed by atoms with Gasteiger partial charge in [0.05, 0.1) is 0 Å². The first-order chi connectivity index (χ1) is 4.43. The Bertz CT molecular complexity index is 136. The van der Waals surface area contributed by atoms with Gasteiger partial charge in [-0.2, -0.15) is 0 Å². The lowest BCUT2D eigenvalue weighted by Gasteiger charge is -1.98. The number of hydrogen-bond donors (Lipinski definition) is 1. The zero-order chi connectivity index (χ0) is 6.53. The molecule has 2 nitrogen and oxygen atoms in total. The molecule has 0 fully saturated rings. The van der Waals surface area contributed by atoms with Crippen LogP contribution in [0.5, 0.6) is 0 Å². The molecule has 0 spiro atoms. The van der Waals surface area contributed by atoms with Crippen molar-refractivity contribution in [2.75, 3.05) is 13.1 Å². The van der Waals surface area contributed by atoms with Crippen molar-refractivity contribution in [3.05, 3.63) is 11.8 Å². The number of aliphatic imine (C=N–C) groups is 1. The Morgan fingerprint density at radius 3 is 3.22 bits per heavy atom. The average Bonchev–Trinajstić information content (AvgIpc) is 2.34. The maximum atomic E-state index is 3.99. The lowest BCUT2D eigenvalue weighted by atomic mass is 10.2. The maximum Gasteiger partial charge on any atom is 0.0272 e. The standard InChI is InChI=1S/C7H12N2/c1-2-8-5-7-3-4-9-6-7/h4,6,8H,2-3,5H2,1H3. The number of likely N-dealkylation sites (N-methyl/N-ethyl adjacent to an activating group) is 1. The van der Waals surface area contributed by atoms with Gasteiger partial charge in [0.25, 0.3) is 0 Å². The van der Waals surface area contributed by atoms with Crippen LogP contribution in [0.1, 0.15) is 13.3 Å². The molecule has 1 aliphatic heterocycles. The van der Waals surface area contributed by atoms with E-state index in [9.17, 15) is 0 Å². The fourth-order valence-electron chi connectivity index (χ4n) is 0.784. The molecule has 0 atom stereocenters. The van der Waals surface area contributed by atoms with E-state index in [4.69, 9.17) is 0 Å². The van der Waals surface area contributed by atoms with E-state index in [1.807, 2.05) is 12.4 Å². The van der Waals surface area contributed by atoms with Crippen molar-refractivity contribution in [3.8, 4) is 0 Å².